The maximum atomic E-state index is 10.7. The highest BCUT2D eigenvalue weighted by atomic mass is 16.1. The van der Waals surface area contributed by atoms with Gasteiger partial charge in [0, 0.05) is 5.56 Å². The number of rotatable bonds is 3. The second kappa shape index (κ2) is 3.90. The number of amides is 1. The fourth-order valence-corrected chi connectivity index (χ4v) is 1.02. The molecule has 1 amide bonds. The Bertz CT molecular complexity index is 264. The monoisotopic (exact) mass is 162 g/mol. The highest BCUT2D eigenvalue weighted by molar-refractivity contribution is 5.92. The van der Waals surface area contributed by atoms with Gasteiger partial charge in [-0.05, 0) is 30.5 Å². The Hall–Kier alpha value is -1.31. The average Bonchev–Trinajstić information content (AvgIpc) is 2.06. The summed E-state index contributed by atoms with van der Waals surface area (Å²) >= 11 is 0. The molecule has 0 aliphatic rings. The van der Waals surface area contributed by atoms with Gasteiger partial charge in [-0.1, -0.05) is 19.1 Å². The first-order chi connectivity index (χ1) is 5.74. The van der Waals surface area contributed by atoms with Crippen molar-refractivity contribution in [3.63, 3.8) is 0 Å². The van der Waals surface area contributed by atoms with Gasteiger partial charge in [0.25, 0.3) is 0 Å². The van der Waals surface area contributed by atoms with Crippen LogP contribution >= 0.6 is 0 Å². The topological polar surface area (TPSA) is 43.1 Å². The van der Waals surface area contributed by atoms with E-state index in [0.29, 0.717) is 5.56 Å². The van der Waals surface area contributed by atoms with Crippen LogP contribution in [0, 0.1) is 6.42 Å². The fraction of sp³-hybridized carbons (Fsp3) is 0.200. The first-order valence-electron chi connectivity index (χ1n) is 3.97. The highest BCUT2D eigenvalue weighted by Gasteiger charge is 1.98. The molecule has 12 heavy (non-hydrogen) atoms. The molecule has 0 saturated carbocycles. The van der Waals surface area contributed by atoms with Gasteiger partial charge in [-0.15, -0.1) is 0 Å². The number of hydrogen-bond donors (Lipinski definition) is 1. The van der Waals surface area contributed by atoms with E-state index in [0.717, 1.165) is 12.0 Å². The molecule has 0 aromatic heterocycles. The smallest absolute Gasteiger partial charge is 0.248 e. The summed E-state index contributed by atoms with van der Waals surface area (Å²) in [6, 6.07) is 7.26. The quantitative estimate of drug-likeness (QED) is 0.722. The van der Waals surface area contributed by atoms with Crippen molar-refractivity contribution < 1.29 is 4.79 Å². The molecule has 2 N–H and O–H groups in total. The van der Waals surface area contributed by atoms with Gasteiger partial charge in [0.05, 0.1) is 0 Å². The predicted molar refractivity (Wildman–Crippen MR) is 48.7 cm³/mol. The molecule has 0 heterocycles. The van der Waals surface area contributed by atoms with Crippen molar-refractivity contribution in [3.8, 4) is 0 Å². The van der Waals surface area contributed by atoms with Crippen LogP contribution in [0.2, 0.25) is 0 Å². The minimum absolute atomic E-state index is 0.377. The van der Waals surface area contributed by atoms with E-state index in [1.54, 1.807) is 12.1 Å². The van der Waals surface area contributed by atoms with Crippen LogP contribution in [0.3, 0.4) is 0 Å². The molecule has 0 spiro atoms. The van der Waals surface area contributed by atoms with Crippen LogP contribution in [0.1, 0.15) is 29.3 Å². The van der Waals surface area contributed by atoms with Gasteiger partial charge in [-0.2, -0.15) is 0 Å². The molecular weight excluding hydrogens is 150 g/mol. The van der Waals surface area contributed by atoms with Crippen LogP contribution in [-0.2, 0) is 0 Å². The molecule has 0 bridgehead atoms. The van der Waals surface area contributed by atoms with Crippen LogP contribution in [0.25, 0.3) is 0 Å². The Kier molecular flexibility index (Phi) is 2.86. The molecule has 63 valence electrons. The number of carbonyl (C=O) groups excluding carboxylic acids is 1. The SMILES string of the molecule is CC[CH]c1ccc(C(N)=O)cc1. The number of carbonyl (C=O) groups is 1. The lowest BCUT2D eigenvalue weighted by Gasteiger charge is -1.98. The van der Waals surface area contributed by atoms with E-state index in [2.05, 4.69) is 13.3 Å². The molecule has 1 rings (SSSR count). The molecule has 1 aromatic carbocycles. The van der Waals surface area contributed by atoms with Crippen molar-refractivity contribution in [2.24, 2.45) is 5.73 Å². The molecule has 1 aromatic rings. The molecular formula is C10H12NO. The number of hydrogen-bond acceptors (Lipinski definition) is 1. The third-order valence-electron chi connectivity index (χ3n) is 1.64. The van der Waals surface area contributed by atoms with Crippen LogP contribution < -0.4 is 5.73 Å². The van der Waals surface area contributed by atoms with Gasteiger partial charge in [0.1, 0.15) is 0 Å². The molecule has 0 atom stereocenters. The molecule has 1 radical (unpaired) electrons. The first kappa shape index (κ1) is 8.78. The third-order valence-corrected chi connectivity index (χ3v) is 1.64. The highest BCUT2D eigenvalue weighted by Crippen LogP contribution is 2.07. The van der Waals surface area contributed by atoms with Crippen LogP contribution in [-0.4, -0.2) is 5.91 Å². The summed E-state index contributed by atoms with van der Waals surface area (Å²) in [4.78, 5) is 10.7. The van der Waals surface area contributed by atoms with E-state index in [1.165, 1.54) is 0 Å². The summed E-state index contributed by atoms with van der Waals surface area (Å²) in [7, 11) is 0. The molecule has 0 fully saturated rings. The lowest BCUT2D eigenvalue weighted by molar-refractivity contribution is 0.100. The van der Waals surface area contributed by atoms with Crippen molar-refractivity contribution in [3.05, 3.63) is 41.8 Å². The first-order valence-corrected chi connectivity index (χ1v) is 3.97. The Morgan fingerprint density at radius 3 is 2.42 bits per heavy atom. The van der Waals surface area contributed by atoms with Crippen molar-refractivity contribution in [1.29, 1.82) is 0 Å². The molecule has 0 saturated heterocycles. The second-order valence-electron chi connectivity index (χ2n) is 2.60. The summed E-state index contributed by atoms with van der Waals surface area (Å²) in [5.74, 6) is -0.377. The maximum absolute atomic E-state index is 10.7. The zero-order valence-electron chi connectivity index (χ0n) is 7.08. The zero-order valence-corrected chi connectivity index (χ0v) is 7.08. The lowest BCUT2D eigenvalue weighted by Crippen LogP contribution is -2.10. The van der Waals surface area contributed by atoms with E-state index in [1.807, 2.05) is 12.1 Å². The van der Waals surface area contributed by atoms with Crippen molar-refractivity contribution in [2.75, 3.05) is 0 Å². The number of primary amides is 1. The van der Waals surface area contributed by atoms with Gasteiger partial charge in [-0.3, -0.25) is 4.79 Å². The molecule has 2 nitrogen and oxygen atoms in total. The molecule has 2 heteroatoms. The Labute approximate surface area is 72.4 Å². The van der Waals surface area contributed by atoms with Gasteiger partial charge < -0.3 is 5.73 Å². The van der Waals surface area contributed by atoms with E-state index in [-0.39, 0.29) is 5.91 Å². The summed E-state index contributed by atoms with van der Waals surface area (Å²) in [6.07, 6.45) is 3.08. The van der Waals surface area contributed by atoms with E-state index in [4.69, 9.17) is 5.73 Å². The maximum Gasteiger partial charge on any atom is 0.248 e. The predicted octanol–water partition coefficient (Wildman–Crippen LogP) is 1.75. The average molecular weight is 162 g/mol. The second-order valence-corrected chi connectivity index (χ2v) is 2.60. The minimum atomic E-state index is -0.377. The van der Waals surface area contributed by atoms with Crippen LogP contribution in [0.15, 0.2) is 24.3 Å². The van der Waals surface area contributed by atoms with E-state index >= 15 is 0 Å². The molecule has 0 aliphatic heterocycles. The van der Waals surface area contributed by atoms with Gasteiger partial charge >= 0.3 is 0 Å². The van der Waals surface area contributed by atoms with E-state index < -0.39 is 0 Å². The fourth-order valence-electron chi connectivity index (χ4n) is 1.02. The van der Waals surface area contributed by atoms with Crippen molar-refractivity contribution >= 4 is 5.91 Å². The Morgan fingerprint density at radius 2 is 2.00 bits per heavy atom. The third kappa shape index (κ3) is 2.09. The number of benzene rings is 1. The Morgan fingerprint density at radius 1 is 1.42 bits per heavy atom. The van der Waals surface area contributed by atoms with Crippen molar-refractivity contribution in [1.82, 2.24) is 0 Å². The minimum Gasteiger partial charge on any atom is -0.366 e. The summed E-state index contributed by atoms with van der Waals surface area (Å²) in [5.41, 5.74) is 6.77. The summed E-state index contributed by atoms with van der Waals surface area (Å²) in [6.45, 7) is 2.07. The zero-order chi connectivity index (χ0) is 8.97. The van der Waals surface area contributed by atoms with Crippen LogP contribution in [0.4, 0.5) is 0 Å². The van der Waals surface area contributed by atoms with Crippen LogP contribution in [0.5, 0.6) is 0 Å². The summed E-state index contributed by atoms with van der Waals surface area (Å²) in [5, 5.41) is 0. The lowest BCUT2D eigenvalue weighted by atomic mass is 10.1. The largest absolute Gasteiger partial charge is 0.366 e. The van der Waals surface area contributed by atoms with Gasteiger partial charge in [0.15, 0.2) is 0 Å². The molecule has 0 unspecified atom stereocenters. The van der Waals surface area contributed by atoms with Gasteiger partial charge in [-0.25, -0.2) is 0 Å². The molecule has 0 aliphatic carbocycles. The van der Waals surface area contributed by atoms with Crippen molar-refractivity contribution in [2.45, 2.75) is 13.3 Å². The Balaban J connectivity index is 2.78. The summed E-state index contributed by atoms with van der Waals surface area (Å²) < 4.78 is 0. The van der Waals surface area contributed by atoms with E-state index in [9.17, 15) is 4.79 Å². The standard InChI is InChI=1S/C10H12NO/c1-2-3-8-4-6-9(7-5-8)10(11)12/h3-7H,2H2,1H3,(H2,11,12). The number of nitrogens with two attached hydrogens (primary N) is 1. The normalized spacial score (nSPS) is 9.75. The van der Waals surface area contributed by atoms with Gasteiger partial charge in [0.2, 0.25) is 5.91 Å².